The van der Waals surface area contributed by atoms with Crippen molar-refractivity contribution in [3.8, 4) is 5.75 Å². The van der Waals surface area contributed by atoms with Crippen LogP contribution in [0.1, 0.15) is 0 Å². The Morgan fingerprint density at radius 1 is 1.12 bits per heavy atom. The molecule has 0 heterocycles. The molecule has 0 fully saturated rings. The highest BCUT2D eigenvalue weighted by Gasteiger charge is 2.28. The Hall–Kier alpha value is -2.04. The first-order valence-corrected chi connectivity index (χ1v) is 8.10. The number of para-hydroxylation sites is 1. The largest absolute Gasteiger partial charge is 0.482 e. The fourth-order valence-electron chi connectivity index (χ4n) is 1.86. The minimum Gasteiger partial charge on any atom is -0.482 e. The second-order valence-corrected chi connectivity index (χ2v) is 6.09. The van der Waals surface area contributed by atoms with E-state index in [9.17, 15) is 22.4 Å². The van der Waals surface area contributed by atoms with Crippen molar-refractivity contribution in [2.24, 2.45) is 0 Å². The fraction of sp³-hybridized carbons (Fsp3) is 0.188. The highest BCUT2D eigenvalue weighted by Crippen LogP contribution is 2.27. The molecule has 2 rings (SSSR count). The maximum Gasteiger partial charge on any atom is 0.422 e. The number of nitrogens with one attached hydrogen (secondary N) is 2. The fourth-order valence-corrected chi connectivity index (χ4v) is 2.38. The van der Waals surface area contributed by atoms with Crippen LogP contribution in [-0.2, 0) is 4.79 Å². The molecule has 134 valence electrons. The Bertz CT molecular complexity index is 753. The first-order valence-electron chi connectivity index (χ1n) is 7.02. The van der Waals surface area contributed by atoms with Crippen LogP contribution in [0.2, 0.25) is 0 Å². The topological polar surface area (TPSA) is 50.4 Å². The van der Waals surface area contributed by atoms with Crippen molar-refractivity contribution in [3.05, 3.63) is 51.9 Å². The number of halogens is 5. The minimum atomic E-state index is -4.52. The zero-order valence-electron chi connectivity index (χ0n) is 12.7. The SMILES string of the molecule is O=C(CNc1cc(F)ccc1OCC(F)(F)F)Nc1ccccc1I. The monoisotopic (exact) mass is 468 g/mol. The van der Waals surface area contributed by atoms with Crippen LogP contribution < -0.4 is 15.4 Å². The average molecular weight is 468 g/mol. The second kappa shape index (κ2) is 8.37. The van der Waals surface area contributed by atoms with Crippen molar-refractivity contribution < 1.29 is 27.1 Å². The lowest BCUT2D eigenvalue weighted by molar-refractivity contribution is -0.153. The van der Waals surface area contributed by atoms with Gasteiger partial charge in [0.2, 0.25) is 5.91 Å². The predicted molar refractivity (Wildman–Crippen MR) is 94.2 cm³/mol. The summed E-state index contributed by atoms with van der Waals surface area (Å²) in [5, 5.41) is 5.23. The van der Waals surface area contributed by atoms with Gasteiger partial charge in [-0.2, -0.15) is 13.2 Å². The summed E-state index contributed by atoms with van der Waals surface area (Å²) in [4.78, 5) is 12.0. The van der Waals surface area contributed by atoms with E-state index in [4.69, 9.17) is 0 Å². The minimum absolute atomic E-state index is 0.0397. The number of anilines is 2. The zero-order valence-corrected chi connectivity index (χ0v) is 14.8. The molecule has 25 heavy (non-hydrogen) atoms. The number of ether oxygens (including phenoxy) is 1. The van der Waals surface area contributed by atoms with E-state index in [0.717, 1.165) is 21.8 Å². The van der Waals surface area contributed by atoms with E-state index in [1.54, 1.807) is 18.2 Å². The van der Waals surface area contributed by atoms with E-state index in [-0.39, 0.29) is 18.0 Å². The van der Waals surface area contributed by atoms with Gasteiger partial charge in [0.05, 0.1) is 17.9 Å². The number of rotatable bonds is 6. The first kappa shape index (κ1) is 19.3. The summed E-state index contributed by atoms with van der Waals surface area (Å²) in [5.41, 5.74) is 0.560. The Kier molecular flexibility index (Phi) is 6.45. The molecule has 2 aromatic carbocycles. The number of amides is 1. The lowest BCUT2D eigenvalue weighted by Crippen LogP contribution is -2.23. The smallest absolute Gasteiger partial charge is 0.422 e. The van der Waals surface area contributed by atoms with E-state index < -0.39 is 24.5 Å². The van der Waals surface area contributed by atoms with Crippen molar-refractivity contribution in [3.63, 3.8) is 0 Å². The van der Waals surface area contributed by atoms with Gasteiger partial charge in [0.1, 0.15) is 11.6 Å². The van der Waals surface area contributed by atoms with Crippen LogP contribution in [0.15, 0.2) is 42.5 Å². The van der Waals surface area contributed by atoms with Crippen LogP contribution in [0.3, 0.4) is 0 Å². The third kappa shape index (κ3) is 6.40. The molecule has 0 radical (unpaired) electrons. The van der Waals surface area contributed by atoms with E-state index in [1.165, 1.54) is 0 Å². The maximum atomic E-state index is 13.3. The van der Waals surface area contributed by atoms with Gasteiger partial charge in [-0.25, -0.2) is 4.39 Å². The molecule has 0 aliphatic carbocycles. The van der Waals surface area contributed by atoms with Crippen molar-refractivity contribution in [1.29, 1.82) is 0 Å². The molecule has 0 saturated carbocycles. The van der Waals surface area contributed by atoms with Gasteiger partial charge in [-0.05, 0) is 46.9 Å². The molecular formula is C16H13F4IN2O2. The lowest BCUT2D eigenvalue weighted by Gasteiger charge is -2.15. The molecule has 0 atom stereocenters. The molecule has 2 N–H and O–H groups in total. The van der Waals surface area contributed by atoms with Crippen molar-refractivity contribution in [2.45, 2.75) is 6.18 Å². The summed E-state index contributed by atoms with van der Waals surface area (Å²) in [7, 11) is 0. The summed E-state index contributed by atoms with van der Waals surface area (Å²) in [6, 6.07) is 10.1. The molecule has 0 aromatic heterocycles. The molecule has 9 heteroatoms. The number of alkyl halides is 3. The molecule has 0 aliphatic heterocycles. The van der Waals surface area contributed by atoms with Crippen LogP contribution in [-0.4, -0.2) is 25.2 Å². The van der Waals surface area contributed by atoms with E-state index in [2.05, 4.69) is 38.0 Å². The van der Waals surface area contributed by atoms with Crippen LogP contribution in [0.5, 0.6) is 5.75 Å². The molecular weight excluding hydrogens is 455 g/mol. The van der Waals surface area contributed by atoms with Crippen molar-refractivity contribution in [2.75, 3.05) is 23.8 Å². The highest BCUT2D eigenvalue weighted by molar-refractivity contribution is 14.1. The summed E-state index contributed by atoms with van der Waals surface area (Å²) < 4.78 is 55.6. The zero-order chi connectivity index (χ0) is 18.4. The third-order valence-corrected chi connectivity index (χ3v) is 3.86. The summed E-state index contributed by atoms with van der Waals surface area (Å²) in [6.07, 6.45) is -4.52. The molecule has 4 nitrogen and oxygen atoms in total. The molecule has 0 unspecified atom stereocenters. The summed E-state index contributed by atoms with van der Waals surface area (Å²) in [6.45, 7) is -1.78. The standard InChI is InChI=1S/C16H13F4IN2O2/c17-10-5-6-14(25-9-16(18,19)20)13(7-10)22-8-15(24)23-12-4-2-1-3-11(12)21/h1-7,22H,8-9H2,(H,23,24). The number of hydrogen-bond donors (Lipinski definition) is 2. The molecule has 0 aliphatic rings. The third-order valence-electron chi connectivity index (χ3n) is 2.92. The Morgan fingerprint density at radius 2 is 1.84 bits per heavy atom. The van der Waals surface area contributed by atoms with Gasteiger partial charge in [0.25, 0.3) is 0 Å². The quantitative estimate of drug-likeness (QED) is 0.488. The predicted octanol–water partition coefficient (Wildman–Crippen LogP) is 4.42. The number of carbonyl (C=O) groups excluding carboxylic acids is 1. The number of carbonyl (C=O) groups is 1. The Balaban J connectivity index is 2.00. The molecule has 1 amide bonds. The molecule has 0 bridgehead atoms. The van der Waals surface area contributed by atoms with Gasteiger partial charge < -0.3 is 15.4 Å². The van der Waals surface area contributed by atoms with Gasteiger partial charge >= 0.3 is 6.18 Å². The van der Waals surface area contributed by atoms with Gasteiger partial charge in [-0.15, -0.1) is 0 Å². The van der Waals surface area contributed by atoms with Crippen LogP contribution in [0.4, 0.5) is 28.9 Å². The van der Waals surface area contributed by atoms with Gasteiger partial charge in [0, 0.05) is 9.64 Å². The summed E-state index contributed by atoms with van der Waals surface area (Å²) in [5.74, 6) is -1.30. The van der Waals surface area contributed by atoms with Crippen molar-refractivity contribution >= 4 is 39.9 Å². The van der Waals surface area contributed by atoms with Crippen LogP contribution in [0, 0.1) is 9.39 Å². The summed E-state index contributed by atoms with van der Waals surface area (Å²) >= 11 is 2.05. The van der Waals surface area contributed by atoms with Gasteiger partial charge in [-0.1, -0.05) is 12.1 Å². The number of hydrogen-bond acceptors (Lipinski definition) is 3. The molecule has 2 aromatic rings. The van der Waals surface area contributed by atoms with E-state index in [1.807, 2.05) is 6.07 Å². The van der Waals surface area contributed by atoms with Gasteiger partial charge in [-0.3, -0.25) is 4.79 Å². The normalized spacial score (nSPS) is 11.1. The lowest BCUT2D eigenvalue weighted by atomic mass is 10.2. The van der Waals surface area contributed by atoms with Crippen molar-refractivity contribution in [1.82, 2.24) is 0 Å². The first-order chi connectivity index (χ1) is 11.7. The molecule has 0 saturated heterocycles. The average Bonchev–Trinajstić information content (AvgIpc) is 2.53. The maximum absolute atomic E-state index is 13.3. The number of benzene rings is 2. The van der Waals surface area contributed by atoms with E-state index >= 15 is 0 Å². The van der Waals surface area contributed by atoms with Crippen LogP contribution >= 0.6 is 22.6 Å². The molecule has 0 spiro atoms. The van der Waals surface area contributed by atoms with Crippen LogP contribution in [0.25, 0.3) is 0 Å². The second-order valence-electron chi connectivity index (χ2n) is 4.93. The Morgan fingerprint density at radius 3 is 2.52 bits per heavy atom. The van der Waals surface area contributed by atoms with E-state index in [0.29, 0.717) is 5.69 Å². The van der Waals surface area contributed by atoms with Gasteiger partial charge in [0.15, 0.2) is 6.61 Å². The Labute approximate surface area is 154 Å². The highest BCUT2D eigenvalue weighted by atomic mass is 127.